The van der Waals surface area contributed by atoms with Gasteiger partial charge in [-0.15, -0.1) is 0 Å². The molecule has 0 spiro atoms. The number of ether oxygens (including phenoxy) is 1. The molecule has 2 aromatic rings. The Balaban J connectivity index is 1.95. The van der Waals surface area contributed by atoms with Gasteiger partial charge < -0.3 is 10.5 Å². The van der Waals surface area contributed by atoms with Gasteiger partial charge >= 0.3 is 0 Å². The Morgan fingerprint density at radius 1 is 1.37 bits per heavy atom. The first-order chi connectivity index (χ1) is 9.31. The van der Waals surface area contributed by atoms with Gasteiger partial charge in [0, 0.05) is 35.6 Å². The molecule has 4 heteroatoms. The fourth-order valence-electron chi connectivity index (χ4n) is 2.85. The van der Waals surface area contributed by atoms with Gasteiger partial charge in [0.1, 0.15) is 5.75 Å². The Hall–Kier alpha value is -1.94. The Morgan fingerprint density at radius 3 is 3.11 bits per heavy atom. The van der Waals surface area contributed by atoms with Gasteiger partial charge in [0.25, 0.3) is 0 Å². The van der Waals surface area contributed by atoms with Gasteiger partial charge in [0.15, 0.2) is 0 Å². The monoisotopic (exact) mass is 255 g/mol. The van der Waals surface area contributed by atoms with E-state index < -0.39 is 0 Å². The normalized spacial score (nSPS) is 18.9. The maximum atomic E-state index is 6.44. The second kappa shape index (κ2) is 4.97. The first kappa shape index (κ1) is 12.1. The van der Waals surface area contributed by atoms with Crippen LogP contribution in [0.2, 0.25) is 0 Å². The highest BCUT2D eigenvalue weighted by atomic mass is 16.5. The molecule has 0 radical (unpaired) electrons. The summed E-state index contributed by atoms with van der Waals surface area (Å²) < 4.78 is 5.35. The van der Waals surface area contributed by atoms with E-state index in [1.807, 2.05) is 18.3 Å². The quantitative estimate of drug-likeness (QED) is 0.913. The molecule has 2 aromatic heterocycles. The molecule has 0 fully saturated rings. The second-order valence-electron chi connectivity index (χ2n) is 4.84. The van der Waals surface area contributed by atoms with Crippen molar-refractivity contribution in [2.75, 3.05) is 7.11 Å². The zero-order valence-corrected chi connectivity index (χ0v) is 10.9. The summed E-state index contributed by atoms with van der Waals surface area (Å²) in [5.74, 6) is 1.01. The minimum atomic E-state index is -0.103. The van der Waals surface area contributed by atoms with Crippen LogP contribution in [0.4, 0.5) is 0 Å². The number of hydrogen-bond donors (Lipinski definition) is 1. The van der Waals surface area contributed by atoms with E-state index in [9.17, 15) is 0 Å². The molecular formula is C15H17N3O. The van der Waals surface area contributed by atoms with Gasteiger partial charge in [0.2, 0.25) is 0 Å². The predicted octanol–water partition coefficient (Wildman–Crippen LogP) is 2.21. The number of nitrogens with zero attached hydrogens (tertiary/aromatic N) is 2. The highest BCUT2D eigenvalue weighted by molar-refractivity contribution is 5.38. The lowest BCUT2D eigenvalue weighted by Crippen LogP contribution is -2.19. The van der Waals surface area contributed by atoms with Crippen LogP contribution in [0, 0.1) is 0 Å². The molecule has 98 valence electrons. The summed E-state index contributed by atoms with van der Waals surface area (Å²) >= 11 is 0. The van der Waals surface area contributed by atoms with Crippen molar-refractivity contribution in [2.24, 2.45) is 5.73 Å². The molecule has 0 saturated heterocycles. The molecular weight excluding hydrogens is 238 g/mol. The van der Waals surface area contributed by atoms with E-state index in [-0.39, 0.29) is 12.0 Å². The first-order valence-corrected chi connectivity index (χ1v) is 6.48. The highest BCUT2D eigenvalue weighted by Crippen LogP contribution is 2.41. The molecule has 0 amide bonds. The number of fused-ring (bicyclic) bond motifs is 1. The third-order valence-electron chi connectivity index (χ3n) is 3.83. The van der Waals surface area contributed by atoms with Crippen molar-refractivity contribution >= 4 is 0 Å². The number of aryl methyl sites for hydroxylation is 1. The summed E-state index contributed by atoms with van der Waals surface area (Å²) in [6, 6.07) is 5.96. The van der Waals surface area contributed by atoms with Crippen molar-refractivity contribution in [2.45, 2.75) is 24.8 Å². The minimum absolute atomic E-state index is 0.103. The van der Waals surface area contributed by atoms with Crippen LogP contribution in [0.1, 0.15) is 35.2 Å². The zero-order chi connectivity index (χ0) is 13.2. The van der Waals surface area contributed by atoms with Crippen LogP contribution < -0.4 is 10.5 Å². The molecule has 1 aliphatic carbocycles. The van der Waals surface area contributed by atoms with Crippen LogP contribution in [0.5, 0.6) is 5.75 Å². The molecule has 2 atom stereocenters. The number of methoxy groups -OCH3 is 1. The molecule has 0 saturated carbocycles. The van der Waals surface area contributed by atoms with E-state index in [4.69, 9.17) is 10.5 Å². The fourth-order valence-corrected chi connectivity index (χ4v) is 2.85. The van der Waals surface area contributed by atoms with Gasteiger partial charge in [-0.1, -0.05) is 6.07 Å². The lowest BCUT2D eigenvalue weighted by Gasteiger charge is -2.21. The van der Waals surface area contributed by atoms with Crippen molar-refractivity contribution < 1.29 is 4.74 Å². The average Bonchev–Trinajstić information content (AvgIpc) is 2.90. The largest absolute Gasteiger partial charge is 0.495 e. The summed E-state index contributed by atoms with van der Waals surface area (Å²) in [7, 11) is 1.65. The van der Waals surface area contributed by atoms with Crippen LogP contribution >= 0.6 is 0 Å². The molecule has 19 heavy (non-hydrogen) atoms. The molecule has 0 bridgehead atoms. The maximum absolute atomic E-state index is 6.44. The van der Waals surface area contributed by atoms with E-state index in [1.54, 1.807) is 19.5 Å². The van der Waals surface area contributed by atoms with Gasteiger partial charge in [-0.2, -0.15) is 0 Å². The van der Waals surface area contributed by atoms with Crippen molar-refractivity contribution in [3.63, 3.8) is 0 Å². The molecule has 1 aliphatic rings. The minimum Gasteiger partial charge on any atom is -0.495 e. The Bertz CT molecular complexity index is 585. The van der Waals surface area contributed by atoms with Crippen LogP contribution in [-0.2, 0) is 6.42 Å². The molecule has 0 aliphatic heterocycles. The van der Waals surface area contributed by atoms with E-state index in [0.717, 1.165) is 29.8 Å². The van der Waals surface area contributed by atoms with Crippen molar-refractivity contribution in [1.29, 1.82) is 0 Å². The van der Waals surface area contributed by atoms with Crippen LogP contribution in [0.15, 0.2) is 36.8 Å². The van der Waals surface area contributed by atoms with E-state index in [0.29, 0.717) is 0 Å². The standard InChI is InChI=1S/C15H17N3O/c1-19-13-9-17-8-6-11(13)14(16)12-5-4-10-3-2-7-18-15(10)12/h2-3,6-9,12,14H,4-5,16H2,1H3. The molecule has 2 N–H and O–H groups in total. The van der Waals surface area contributed by atoms with Crippen molar-refractivity contribution in [1.82, 2.24) is 9.97 Å². The van der Waals surface area contributed by atoms with Crippen LogP contribution in [0.25, 0.3) is 0 Å². The lowest BCUT2D eigenvalue weighted by atomic mass is 9.91. The predicted molar refractivity (Wildman–Crippen MR) is 73.0 cm³/mol. The summed E-state index contributed by atoms with van der Waals surface area (Å²) in [5.41, 5.74) is 9.89. The molecule has 3 rings (SSSR count). The number of pyridine rings is 2. The smallest absolute Gasteiger partial charge is 0.141 e. The van der Waals surface area contributed by atoms with E-state index >= 15 is 0 Å². The molecule has 4 nitrogen and oxygen atoms in total. The molecule has 2 unspecified atom stereocenters. The van der Waals surface area contributed by atoms with Crippen molar-refractivity contribution in [3.8, 4) is 5.75 Å². The summed E-state index contributed by atoms with van der Waals surface area (Å²) in [4.78, 5) is 8.58. The maximum Gasteiger partial charge on any atom is 0.141 e. The zero-order valence-electron chi connectivity index (χ0n) is 10.9. The van der Waals surface area contributed by atoms with E-state index in [2.05, 4.69) is 16.0 Å². The molecule has 2 heterocycles. The number of rotatable bonds is 3. The topological polar surface area (TPSA) is 61.0 Å². The SMILES string of the molecule is COc1cnccc1C(N)C1CCc2cccnc21. The highest BCUT2D eigenvalue weighted by Gasteiger charge is 2.31. The van der Waals surface area contributed by atoms with Crippen LogP contribution in [0.3, 0.4) is 0 Å². The fraction of sp³-hybridized carbons (Fsp3) is 0.333. The summed E-state index contributed by atoms with van der Waals surface area (Å²) in [5, 5.41) is 0. The second-order valence-corrected chi connectivity index (χ2v) is 4.84. The number of nitrogens with two attached hydrogens (primary N) is 1. The van der Waals surface area contributed by atoms with Gasteiger partial charge in [-0.05, 0) is 30.5 Å². The summed E-state index contributed by atoms with van der Waals surface area (Å²) in [6.45, 7) is 0. The summed E-state index contributed by atoms with van der Waals surface area (Å²) in [6.07, 6.45) is 7.40. The number of hydrogen-bond acceptors (Lipinski definition) is 4. The third-order valence-corrected chi connectivity index (χ3v) is 3.83. The van der Waals surface area contributed by atoms with Crippen LogP contribution in [-0.4, -0.2) is 17.1 Å². The number of aromatic nitrogens is 2. The molecule has 0 aromatic carbocycles. The third kappa shape index (κ3) is 2.08. The van der Waals surface area contributed by atoms with Gasteiger partial charge in [-0.3, -0.25) is 9.97 Å². The van der Waals surface area contributed by atoms with Crippen molar-refractivity contribution in [3.05, 3.63) is 53.6 Å². The first-order valence-electron chi connectivity index (χ1n) is 6.48. The Labute approximate surface area is 112 Å². The Kier molecular flexibility index (Phi) is 3.17. The lowest BCUT2D eigenvalue weighted by molar-refractivity contribution is 0.398. The average molecular weight is 255 g/mol. The van der Waals surface area contributed by atoms with E-state index in [1.165, 1.54) is 5.56 Å². The van der Waals surface area contributed by atoms with Gasteiger partial charge in [-0.25, -0.2) is 0 Å². The Morgan fingerprint density at radius 2 is 2.26 bits per heavy atom. The van der Waals surface area contributed by atoms with Gasteiger partial charge in [0.05, 0.1) is 13.3 Å².